The zero-order valence-electron chi connectivity index (χ0n) is 23.3. The molecule has 0 aromatic heterocycles. The van der Waals surface area contributed by atoms with Crippen molar-refractivity contribution < 1.29 is 33.4 Å². The van der Waals surface area contributed by atoms with Crippen LogP contribution in [0.2, 0.25) is 0 Å². The molecule has 39 heavy (non-hydrogen) atoms. The number of fused-ring (bicyclic) bond motifs is 4. The van der Waals surface area contributed by atoms with Crippen LogP contribution in [0.4, 0.5) is 4.39 Å². The van der Waals surface area contributed by atoms with Crippen molar-refractivity contribution in [3.63, 3.8) is 0 Å². The summed E-state index contributed by atoms with van der Waals surface area (Å²) in [5.74, 6) is -6.65. The number of ketones is 3. The fraction of sp³-hybridized carbons (Fsp3) is 0.655. The fourth-order valence-corrected chi connectivity index (χ4v) is 7.82. The average Bonchev–Trinajstić information content (AvgIpc) is 2.90. The van der Waals surface area contributed by atoms with E-state index in [0.29, 0.717) is 30.6 Å². The molecule has 1 aromatic rings. The van der Waals surface area contributed by atoms with Gasteiger partial charge in [-0.25, -0.2) is 4.39 Å². The highest BCUT2D eigenvalue weighted by atomic mass is 19.1. The minimum Gasteiger partial charge on any atom is -0.507 e. The van der Waals surface area contributed by atoms with Gasteiger partial charge in [0.25, 0.3) is 0 Å². The minimum atomic E-state index is -1.57. The molecule has 0 bridgehead atoms. The van der Waals surface area contributed by atoms with E-state index in [4.69, 9.17) is 10.5 Å². The Morgan fingerprint density at radius 3 is 2.54 bits per heavy atom. The molecule has 10 heteroatoms. The van der Waals surface area contributed by atoms with Crippen LogP contribution in [0.25, 0.3) is 0 Å². The molecule has 9 nitrogen and oxygen atoms in total. The molecule has 2 saturated carbocycles. The van der Waals surface area contributed by atoms with Crippen LogP contribution in [0.1, 0.15) is 60.2 Å². The normalized spacial score (nSPS) is 33.3. The summed E-state index contributed by atoms with van der Waals surface area (Å²) in [7, 11) is 4.73. The zero-order valence-corrected chi connectivity index (χ0v) is 23.3. The number of aromatic hydroxyl groups is 1. The molecule has 1 aromatic carbocycles. The Morgan fingerprint density at radius 2 is 1.95 bits per heavy atom. The summed E-state index contributed by atoms with van der Waals surface area (Å²) in [6.07, 6.45) is 1.43. The van der Waals surface area contributed by atoms with Gasteiger partial charge in [-0.05, 0) is 52.6 Å². The number of likely N-dealkylation sites (N-methyl/N-ethyl adjacent to an activating group) is 1. The predicted octanol–water partition coefficient (Wildman–Crippen LogP) is 1.64. The highest BCUT2D eigenvalue weighted by molar-refractivity contribution is 6.17. The fourth-order valence-electron chi connectivity index (χ4n) is 7.82. The first kappa shape index (κ1) is 27.9. The summed E-state index contributed by atoms with van der Waals surface area (Å²) in [5.41, 5.74) is 4.90. The number of carbonyl (C=O) groups is 4. The summed E-state index contributed by atoms with van der Waals surface area (Å²) in [5, 5.41) is 11.3. The number of Topliss-reactive ketones (excluding diaryl/α,β-unsaturated/α-hetero) is 3. The maximum Gasteiger partial charge on any atom is 0.228 e. The molecule has 0 saturated heterocycles. The van der Waals surface area contributed by atoms with Gasteiger partial charge in [0.05, 0.1) is 17.5 Å². The molecule has 7 unspecified atom stereocenters. The van der Waals surface area contributed by atoms with Crippen molar-refractivity contribution in [2.45, 2.75) is 70.2 Å². The Kier molecular flexibility index (Phi) is 6.96. The maximum absolute atomic E-state index is 16.2. The molecule has 0 radical (unpaired) electrons. The highest BCUT2D eigenvalue weighted by Gasteiger charge is 2.66. The summed E-state index contributed by atoms with van der Waals surface area (Å²) in [4.78, 5) is 57.7. The molecule has 3 aliphatic carbocycles. The van der Waals surface area contributed by atoms with Crippen LogP contribution < -0.4 is 5.73 Å². The van der Waals surface area contributed by atoms with Crippen molar-refractivity contribution in [3.05, 3.63) is 28.1 Å². The molecule has 2 fully saturated rings. The SMILES string of the molecule is CCC(C)N1CCc2c(O)c3c(c(F)c2C1)CC1CC2C(N(C)C)C(=O)C(C(N)=O)CC2(OC)C(=O)C1C3=O. The van der Waals surface area contributed by atoms with E-state index in [-0.39, 0.29) is 48.0 Å². The number of halogens is 1. The Balaban J connectivity index is 1.61. The first-order valence-corrected chi connectivity index (χ1v) is 13.8. The molecule has 1 aliphatic heterocycles. The van der Waals surface area contributed by atoms with Gasteiger partial charge < -0.3 is 15.6 Å². The number of rotatable bonds is 5. The number of primary amides is 1. The van der Waals surface area contributed by atoms with Gasteiger partial charge >= 0.3 is 0 Å². The maximum atomic E-state index is 16.2. The standard InChI is InChI=1S/C29H38FN3O6/c1-6-13(2)33-8-7-15-18(12-33)22(30)16-9-14-10-19-23(32(3)4)25(35)17(28(31)38)11-29(19,39-5)27(37)20(14)26(36)21(16)24(15)34/h13-14,17,19-20,23,34H,6-12H2,1-5H3,(H2,31,38). The first-order valence-electron chi connectivity index (χ1n) is 13.8. The third-order valence-corrected chi connectivity index (χ3v) is 10.1. The van der Waals surface area contributed by atoms with Crippen molar-refractivity contribution in [2.75, 3.05) is 27.7 Å². The molecule has 1 heterocycles. The molecule has 4 aliphatic rings. The average molecular weight is 544 g/mol. The number of benzene rings is 1. The molecule has 0 spiro atoms. The predicted molar refractivity (Wildman–Crippen MR) is 140 cm³/mol. The Morgan fingerprint density at radius 1 is 1.26 bits per heavy atom. The van der Waals surface area contributed by atoms with Crippen LogP contribution in [0.3, 0.4) is 0 Å². The smallest absolute Gasteiger partial charge is 0.228 e. The van der Waals surface area contributed by atoms with Gasteiger partial charge in [0.1, 0.15) is 23.1 Å². The quantitative estimate of drug-likeness (QED) is 0.536. The molecule has 1 amide bonds. The van der Waals surface area contributed by atoms with E-state index in [2.05, 4.69) is 18.7 Å². The van der Waals surface area contributed by atoms with Crippen LogP contribution in [0, 0.1) is 29.5 Å². The Bertz CT molecular complexity index is 1260. The highest BCUT2D eigenvalue weighted by Crippen LogP contribution is 2.54. The molecule has 5 rings (SSSR count). The first-order chi connectivity index (χ1) is 18.4. The van der Waals surface area contributed by atoms with Crippen LogP contribution in [-0.2, 0) is 38.5 Å². The topological polar surface area (TPSA) is 130 Å². The van der Waals surface area contributed by atoms with E-state index in [1.807, 2.05) is 0 Å². The van der Waals surface area contributed by atoms with Crippen molar-refractivity contribution in [2.24, 2.45) is 29.4 Å². The van der Waals surface area contributed by atoms with Crippen molar-refractivity contribution >= 4 is 23.3 Å². The summed E-state index contributed by atoms with van der Waals surface area (Å²) in [6, 6.07) is -0.584. The molecular weight excluding hydrogens is 505 g/mol. The lowest BCUT2D eigenvalue weighted by Crippen LogP contribution is -2.70. The van der Waals surface area contributed by atoms with E-state index in [1.54, 1.807) is 19.0 Å². The van der Waals surface area contributed by atoms with Crippen molar-refractivity contribution in [1.82, 2.24) is 9.80 Å². The van der Waals surface area contributed by atoms with Gasteiger partial charge in [-0.2, -0.15) is 0 Å². The number of phenolic OH excluding ortho intramolecular Hbond substituents is 1. The second-order valence-electron chi connectivity index (χ2n) is 12.0. The molecule has 3 N–H and O–H groups in total. The van der Waals surface area contributed by atoms with Crippen molar-refractivity contribution in [3.8, 4) is 5.75 Å². The molecule has 7 atom stereocenters. The number of hydrogen-bond donors (Lipinski definition) is 2. The van der Waals surface area contributed by atoms with E-state index < -0.39 is 58.6 Å². The van der Waals surface area contributed by atoms with Crippen LogP contribution in [0.5, 0.6) is 5.75 Å². The van der Waals surface area contributed by atoms with Gasteiger partial charge in [0, 0.05) is 55.3 Å². The number of hydrogen-bond acceptors (Lipinski definition) is 8. The molecule has 212 valence electrons. The summed E-state index contributed by atoms with van der Waals surface area (Å²) in [6.45, 7) is 5.14. The largest absolute Gasteiger partial charge is 0.507 e. The summed E-state index contributed by atoms with van der Waals surface area (Å²) < 4.78 is 22.0. The van der Waals surface area contributed by atoms with E-state index in [1.165, 1.54) is 7.11 Å². The number of phenols is 1. The number of methoxy groups -OCH3 is 1. The number of nitrogens with two attached hydrogens (primary N) is 1. The van der Waals surface area contributed by atoms with Crippen LogP contribution in [-0.4, -0.2) is 83.6 Å². The Labute approximate surface area is 227 Å². The second kappa shape index (κ2) is 9.74. The van der Waals surface area contributed by atoms with Gasteiger partial charge in [-0.3, -0.25) is 29.0 Å². The van der Waals surface area contributed by atoms with E-state index in [0.717, 1.165) is 6.42 Å². The lowest BCUT2D eigenvalue weighted by atomic mass is 9.52. The number of nitrogens with zero attached hydrogens (tertiary/aromatic N) is 2. The number of ether oxygens (including phenoxy) is 1. The van der Waals surface area contributed by atoms with Crippen molar-refractivity contribution in [1.29, 1.82) is 0 Å². The summed E-state index contributed by atoms with van der Waals surface area (Å²) >= 11 is 0. The van der Waals surface area contributed by atoms with Crippen LogP contribution >= 0.6 is 0 Å². The minimum absolute atomic E-state index is 0.0946. The number of amides is 1. The zero-order chi connectivity index (χ0) is 28.5. The van der Waals surface area contributed by atoms with Gasteiger partial charge in [-0.1, -0.05) is 6.92 Å². The lowest BCUT2D eigenvalue weighted by molar-refractivity contribution is -0.182. The van der Waals surface area contributed by atoms with E-state index in [9.17, 15) is 24.3 Å². The monoisotopic (exact) mass is 543 g/mol. The second-order valence-corrected chi connectivity index (χ2v) is 12.0. The lowest BCUT2D eigenvalue weighted by Gasteiger charge is -2.55. The molecular formula is C29H38FN3O6. The van der Waals surface area contributed by atoms with Gasteiger partial charge in [0.15, 0.2) is 17.3 Å². The number of carbonyl (C=O) groups excluding carboxylic acids is 4. The van der Waals surface area contributed by atoms with E-state index >= 15 is 4.39 Å². The van der Waals surface area contributed by atoms with Crippen LogP contribution in [0.15, 0.2) is 0 Å². The van der Waals surface area contributed by atoms with Gasteiger partial charge in [0.2, 0.25) is 5.91 Å². The van der Waals surface area contributed by atoms with Gasteiger partial charge in [-0.15, -0.1) is 0 Å². The third-order valence-electron chi connectivity index (χ3n) is 10.1. The third kappa shape index (κ3) is 3.89. The Hall–Kier alpha value is -2.69.